The molecule has 0 N–H and O–H groups in total. The predicted octanol–water partition coefficient (Wildman–Crippen LogP) is 6.53. The molecule has 0 atom stereocenters. The lowest BCUT2D eigenvalue weighted by Gasteiger charge is -2.42. The van der Waals surface area contributed by atoms with Crippen molar-refractivity contribution in [2.75, 3.05) is 5.75 Å². The van der Waals surface area contributed by atoms with E-state index >= 15 is 0 Å². The first-order chi connectivity index (χ1) is 15.1. The van der Waals surface area contributed by atoms with E-state index in [1.807, 2.05) is 6.92 Å². The van der Waals surface area contributed by atoms with Crippen molar-refractivity contribution in [3.8, 4) is 23.3 Å². The molecule has 1 aromatic heterocycles. The van der Waals surface area contributed by atoms with Gasteiger partial charge < -0.3 is 9.47 Å². The van der Waals surface area contributed by atoms with Crippen molar-refractivity contribution in [2.24, 2.45) is 0 Å². The Bertz CT molecular complexity index is 1050. The van der Waals surface area contributed by atoms with E-state index in [4.69, 9.17) is 9.47 Å². The van der Waals surface area contributed by atoms with Crippen molar-refractivity contribution in [3.63, 3.8) is 0 Å². The number of nitrogens with zero attached hydrogens (tertiary/aromatic N) is 1. The molecule has 5 heteroatoms. The van der Waals surface area contributed by atoms with E-state index in [9.17, 15) is 4.79 Å². The van der Waals surface area contributed by atoms with Crippen molar-refractivity contribution >= 4 is 17.7 Å². The molecule has 1 aliphatic heterocycles. The van der Waals surface area contributed by atoms with E-state index in [0.717, 1.165) is 41.2 Å². The highest BCUT2D eigenvalue weighted by Gasteiger charge is 2.39. The molecular formula is C27H33NO3S. The molecule has 3 rings (SSSR count). The van der Waals surface area contributed by atoms with Crippen LogP contribution in [0.1, 0.15) is 83.9 Å². The van der Waals surface area contributed by atoms with Crippen LogP contribution in [0, 0.1) is 11.8 Å². The molecule has 0 bridgehead atoms. The van der Waals surface area contributed by atoms with E-state index < -0.39 is 0 Å². The minimum absolute atomic E-state index is 0.00289. The summed E-state index contributed by atoms with van der Waals surface area (Å²) in [7, 11) is 0. The third-order valence-corrected chi connectivity index (χ3v) is 6.32. The molecule has 170 valence electrons. The molecular weight excluding hydrogens is 418 g/mol. The fourth-order valence-electron chi connectivity index (χ4n) is 4.23. The summed E-state index contributed by atoms with van der Waals surface area (Å²) in [6.07, 6.45) is 6.37. The van der Waals surface area contributed by atoms with Gasteiger partial charge in [0.25, 0.3) is 0 Å². The second-order valence-corrected chi connectivity index (χ2v) is 10.7. The Morgan fingerprint density at radius 1 is 1.16 bits per heavy atom. The minimum Gasteiger partial charge on any atom is -0.487 e. The number of thioether (sulfide) groups is 1. The first-order valence-electron chi connectivity index (χ1n) is 11.3. The van der Waals surface area contributed by atoms with Gasteiger partial charge in [0.05, 0.1) is 6.20 Å². The van der Waals surface area contributed by atoms with Crippen LogP contribution < -0.4 is 9.47 Å². The van der Waals surface area contributed by atoms with Crippen LogP contribution in [-0.4, -0.2) is 22.3 Å². The van der Waals surface area contributed by atoms with Crippen LogP contribution in [-0.2, 0) is 10.2 Å². The monoisotopic (exact) mass is 451 g/mol. The maximum Gasteiger partial charge on any atom is 0.311 e. The number of rotatable bonds is 6. The van der Waals surface area contributed by atoms with Crippen LogP contribution in [0.3, 0.4) is 0 Å². The van der Waals surface area contributed by atoms with Crippen molar-refractivity contribution in [1.29, 1.82) is 0 Å². The van der Waals surface area contributed by atoms with Crippen LogP contribution in [0.25, 0.3) is 0 Å². The fourth-order valence-corrected chi connectivity index (χ4v) is 4.99. The molecule has 0 saturated carbocycles. The summed E-state index contributed by atoms with van der Waals surface area (Å²) >= 11 is 1.76. The Morgan fingerprint density at radius 3 is 2.66 bits per heavy atom. The molecule has 0 amide bonds. The van der Waals surface area contributed by atoms with Gasteiger partial charge in [-0.05, 0) is 56.1 Å². The molecule has 0 aliphatic carbocycles. The Hall–Kier alpha value is -2.45. The Balaban J connectivity index is 1.92. The molecule has 0 spiro atoms. The zero-order chi connectivity index (χ0) is 23.4. The predicted molar refractivity (Wildman–Crippen MR) is 131 cm³/mol. The lowest BCUT2D eigenvalue weighted by atomic mass is 9.73. The standard InChI is InChI=1S/C27H33NO3S/c1-7-9-10-25(29)30-21-13-19(16-28-17-21)11-12-20-14-22-23(15-24(20)32-8-2)31-27(5,6)18-26(22,3)4/h13-17H,7-10,18H2,1-6H3. The molecule has 0 saturated heterocycles. The number of carbonyl (C=O) groups is 1. The number of pyridine rings is 1. The summed E-state index contributed by atoms with van der Waals surface area (Å²) in [5, 5.41) is 0. The second-order valence-electron chi connectivity index (χ2n) is 9.44. The number of aromatic nitrogens is 1. The Morgan fingerprint density at radius 2 is 1.94 bits per heavy atom. The smallest absolute Gasteiger partial charge is 0.311 e. The fraction of sp³-hybridized carbons (Fsp3) is 0.481. The number of ether oxygens (including phenoxy) is 2. The van der Waals surface area contributed by atoms with Crippen molar-refractivity contribution in [3.05, 3.63) is 47.3 Å². The minimum atomic E-state index is -0.236. The van der Waals surface area contributed by atoms with Crippen molar-refractivity contribution < 1.29 is 14.3 Å². The van der Waals surface area contributed by atoms with Gasteiger partial charge in [-0.15, -0.1) is 11.8 Å². The zero-order valence-electron chi connectivity index (χ0n) is 20.0. The number of unbranched alkanes of at least 4 members (excludes halogenated alkanes) is 1. The molecule has 2 heterocycles. The third-order valence-electron chi connectivity index (χ3n) is 5.39. The summed E-state index contributed by atoms with van der Waals surface area (Å²) < 4.78 is 11.7. The average molecular weight is 452 g/mol. The van der Waals surface area contributed by atoms with Gasteiger partial charge in [-0.25, -0.2) is 0 Å². The molecule has 2 aromatic rings. The van der Waals surface area contributed by atoms with Crippen LogP contribution in [0.5, 0.6) is 11.5 Å². The highest BCUT2D eigenvalue weighted by atomic mass is 32.2. The van der Waals surface area contributed by atoms with Crippen molar-refractivity contribution in [2.45, 2.75) is 83.1 Å². The Kier molecular flexibility index (Phi) is 7.56. The summed E-state index contributed by atoms with van der Waals surface area (Å²) in [6.45, 7) is 13.0. The molecule has 0 unspecified atom stereocenters. The van der Waals surface area contributed by atoms with E-state index in [1.54, 1.807) is 30.2 Å². The molecule has 1 aliphatic rings. The van der Waals surface area contributed by atoms with E-state index in [0.29, 0.717) is 17.7 Å². The average Bonchev–Trinajstić information content (AvgIpc) is 2.70. The number of hydrogen-bond acceptors (Lipinski definition) is 5. The van der Waals surface area contributed by atoms with Gasteiger partial charge in [-0.1, -0.05) is 46.0 Å². The van der Waals surface area contributed by atoms with Crippen LogP contribution in [0.4, 0.5) is 0 Å². The van der Waals surface area contributed by atoms with E-state index in [-0.39, 0.29) is 17.0 Å². The van der Waals surface area contributed by atoms with Crippen LogP contribution >= 0.6 is 11.8 Å². The zero-order valence-corrected chi connectivity index (χ0v) is 20.8. The highest BCUT2D eigenvalue weighted by molar-refractivity contribution is 7.99. The van der Waals surface area contributed by atoms with Gasteiger partial charge in [0.15, 0.2) is 0 Å². The molecule has 1 aromatic carbocycles. The first kappa shape index (κ1) is 24.2. The maximum absolute atomic E-state index is 11.9. The SMILES string of the molecule is CCCCC(=O)Oc1cncc(C#Cc2cc3c(cc2SCC)OC(C)(C)CC3(C)C)c1. The number of esters is 1. The maximum atomic E-state index is 11.9. The normalized spacial score (nSPS) is 15.7. The summed E-state index contributed by atoms with van der Waals surface area (Å²) in [4.78, 5) is 17.2. The highest BCUT2D eigenvalue weighted by Crippen LogP contribution is 2.46. The number of hydrogen-bond donors (Lipinski definition) is 0. The van der Waals surface area contributed by atoms with Gasteiger partial charge in [-0.2, -0.15) is 0 Å². The lowest BCUT2D eigenvalue weighted by molar-refractivity contribution is -0.134. The lowest BCUT2D eigenvalue weighted by Crippen LogP contribution is -2.41. The molecule has 0 fully saturated rings. The van der Waals surface area contributed by atoms with Crippen LogP contribution in [0.15, 0.2) is 35.5 Å². The van der Waals surface area contributed by atoms with Gasteiger partial charge >= 0.3 is 5.97 Å². The number of carbonyl (C=O) groups excluding carboxylic acids is 1. The van der Waals surface area contributed by atoms with Crippen molar-refractivity contribution in [1.82, 2.24) is 4.98 Å². The third kappa shape index (κ3) is 6.07. The Labute approximate surface area is 196 Å². The quantitative estimate of drug-likeness (QED) is 0.284. The second kappa shape index (κ2) is 10.0. The molecule has 4 nitrogen and oxygen atoms in total. The van der Waals surface area contributed by atoms with Crippen LogP contribution in [0.2, 0.25) is 0 Å². The van der Waals surface area contributed by atoms with Gasteiger partial charge in [0, 0.05) is 34.2 Å². The molecule has 32 heavy (non-hydrogen) atoms. The first-order valence-corrected chi connectivity index (χ1v) is 12.3. The van der Waals surface area contributed by atoms with E-state index in [2.05, 4.69) is 63.6 Å². The number of fused-ring (bicyclic) bond motifs is 1. The van der Waals surface area contributed by atoms with Gasteiger partial charge in [-0.3, -0.25) is 9.78 Å². The van der Waals surface area contributed by atoms with Gasteiger partial charge in [0.1, 0.15) is 17.1 Å². The van der Waals surface area contributed by atoms with E-state index in [1.165, 1.54) is 5.56 Å². The van der Waals surface area contributed by atoms with Gasteiger partial charge in [0.2, 0.25) is 0 Å². The summed E-state index contributed by atoms with van der Waals surface area (Å²) in [5.74, 6) is 8.64. The topological polar surface area (TPSA) is 48.4 Å². The summed E-state index contributed by atoms with van der Waals surface area (Å²) in [6, 6.07) is 6.09. The summed E-state index contributed by atoms with van der Waals surface area (Å²) in [5.41, 5.74) is 2.69. The number of benzene rings is 1. The molecule has 0 radical (unpaired) electrons. The largest absolute Gasteiger partial charge is 0.487 e.